The summed E-state index contributed by atoms with van der Waals surface area (Å²) in [6.07, 6.45) is -5.99. The van der Waals surface area contributed by atoms with Gasteiger partial charge in [-0.05, 0) is 26.3 Å². The Morgan fingerprint density at radius 2 is 2.29 bits per heavy atom. The second kappa shape index (κ2) is 6.60. The Hall–Kier alpha value is -0.700. The highest BCUT2D eigenvalue weighted by Gasteiger charge is 2.47. The predicted molar refractivity (Wildman–Crippen MR) is 73.0 cm³/mol. The Balaban J connectivity index is 2.03. The number of aliphatic hydroxyl groups is 1. The third kappa shape index (κ3) is 3.94. The molecule has 0 saturated carbocycles. The highest BCUT2D eigenvalue weighted by Crippen LogP contribution is 2.32. The van der Waals surface area contributed by atoms with Crippen LogP contribution < -0.4 is 0 Å². The summed E-state index contributed by atoms with van der Waals surface area (Å²) in [4.78, 5) is 6.05. The predicted octanol–water partition coefficient (Wildman–Crippen LogP) is 2.74. The number of methoxy groups -OCH3 is 1. The van der Waals surface area contributed by atoms with Crippen LogP contribution in [0.15, 0.2) is 5.38 Å². The fraction of sp³-hybridized carbons (Fsp3) is 0.769. The molecular formula is C13H19F3N2O2S. The van der Waals surface area contributed by atoms with E-state index >= 15 is 0 Å². The van der Waals surface area contributed by atoms with E-state index in [9.17, 15) is 18.3 Å². The van der Waals surface area contributed by atoms with Crippen LogP contribution in [0.2, 0.25) is 0 Å². The van der Waals surface area contributed by atoms with Crippen LogP contribution in [0.3, 0.4) is 0 Å². The van der Waals surface area contributed by atoms with Gasteiger partial charge in [0.25, 0.3) is 0 Å². The molecule has 2 heterocycles. The highest BCUT2D eigenvalue weighted by molar-refractivity contribution is 7.09. The van der Waals surface area contributed by atoms with E-state index < -0.39 is 18.3 Å². The second-order valence-electron chi connectivity index (χ2n) is 5.22. The summed E-state index contributed by atoms with van der Waals surface area (Å²) in [6, 6.07) is -0.880. The molecule has 0 radical (unpaired) electrons. The molecule has 0 aliphatic carbocycles. The van der Waals surface area contributed by atoms with Gasteiger partial charge in [0, 0.05) is 25.1 Å². The lowest BCUT2D eigenvalue weighted by Crippen LogP contribution is -2.46. The quantitative estimate of drug-likeness (QED) is 0.905. The van der Waals surface area contributed by atoms with Crippen molar-refractivity contribution in [2.24, 2.45) is 0 Å². The zero-order valence-corrected chi connectivity index (χ0v) is 12.7. The van der Waals surface area contributed by atoms with E-state index in [4.69, 9.17) is 4.74 Å². The summed E-state index contributed by atoms with van der Waals surface area (Å²) in [6.45, 7) is 2.74. The monoisotopic (exact) mass is 324 g/mol. The molecule has 2 rings (SSSR count). The number of aromatic nitrogens is 1. The first-order chi connectivity index (χ1) is 9.82. The standard InChI is InChI=1S/C13H19F3N2O2S/c1-8(20-2)12-17-9(7-21-12)6-18-5-3-4-10(18)11(19)13(14,15)16/h7-8,10-11,19H,3-6H2,1-2H3/t8-,10+,11+/m1/s1. The van der Waals surface area contributed by atoms with Gasteiger partial charge in [0.1, 0.15) is 11.1 Å². The van der Waals surface area contributed by atoms with Crippen LogP contribution >= 0.6 is 11.3 Å². The van der Waals surface area contributed by atoms with E-state index in [0.29, 0.717) is 25.9 Å². The highest BCUT2D eigenvalue weighted by atomic mass is 32.1. The zero-order valence-electron chi connectivity index (χ0n) is 11.9. The number of ether oxygens (including phenoxy) is 1. The average Bonchev–Trinajstić information content (AvgIpc) is 3.05. The first-order valence-electron chi connectivity index (χ1n) is 6.79. The number of hydrogen-bond donors (Lipinski definition) is 1. The van der Waals surface area contributed by atoms with Crippen LogP contribution in [0.5, 0.6) is 0 Å². The van der Waals surface area contributed by atoms with Crippen molar-refractivity contribution >= 4 is 11.3 Å². The molecule has 4 nitrogen and oxygen atoms in total. The Kier molecular flexibility index (Phi) is 5.24. The first-order valence-corrected chi connectivity index (χ1v) is 7.66. The van der Waals surface area contributed by atoms with Crippen molar-refractivity contribution in [2.45, 2.75) is 50.7 Å². The lowest BCUT2D eigenvalue weighted by atomic mass is 10.1. The molecular weight excluding hydrogens is 305 g/mol. The number of halogens is 3. The van der Waals surface area contributed by atoms with Gasteiger partial charge < -0.3 is 9.84 Å². The van der Waals surface area contributed by atoms with Crippen molar-refractivity contribution in [1.82, 2.24) is 9.88 Å². The minimum absolute atomic E-state index is 0.126. The molecule has 1 fully saturated rings. The normalized spacial score (nSPS) is 23.4. The molecule has 1 saturated heterocycles. The van der Waals surface area contributed by atoms with Crippen molar-refractivity contribution in [3.05, 3.63) is 16.1 Å². The van der Waals surface area contributed by atoms with Gasteiger partial charge in [-0.25, -0.2) is 4.98 Å². The van der Waals surface area contributed by atoms with Crippen LogP contribution in [0.1, 0.15) is 36.6 Å². The topological polar surface area (TPSA) is 45.6 Å². The molecule has 0 aromatic carbocycles. The molecule has 21 heavy (non-hydrogen) atoms. The minimum atomic E-state index is -4.58. The number of rotatable bonds is 5. The van der Waals surface area contributed by atoms with Gasteiger partial charge in [-0.3, -0.25) is 4.90 Å². The first kappa shape index (κ1) is 16.7. The minimum Gasteiger partial charge on any atom is -0.382 e. The lowest BCUT2D eigenvalue weighted by molar-refractivity contribution is -0.219. The summed E-state index contributed by atoms with van der Waals surface area (Å²) in [5.74, 6) is 0. The van der Waals surface area contributed by atoms with Gasteiger partial charge in [0.15, 0.2) is 6.10 Å². The summed E-state index contributed by atoms with van der Waals surface area (Å²) in [5, 5.41) is 12.1. The average molecular weight is 324 g/mol. The summed E-state index contributed by atoms with van der Waals surface area (Å²) in [5.41, 5.74) is 0.722. The van der Waals surface area contributed by atoms with Gasteiger partial charge in [0.05, 0.1) is 5.69 Å². The maximum absolute atomic E-state index is 12.7. The Labute approximate surface area is 125 Å². The smallest absolute Gasteiger partial charge is 0.382 e. The molecule has 3 atom stereocenters. The van der Waals surface area contributed by atoms with Crippen LogP contribution in [0, 0.1) is 0 Å². The number of alkyl halides is 3. The summed E-state index contributed by atoms with van der Waals surface area (Å²) < 4.78 is 43.2. The van der Waals surface area contributed by atoms with Crippen LogP contribution in [-0.2, 0) is 11.3 Å². The van der Waals surface area contributed by atoms with E-state index in [1.54, 1.807) is 12.0 Å². The molecule has 0 amide bonds. The van der Waals surface area contributed by atoms with Gasteiger partial charge >= 0.3 is 6.18 Å². The fourth-order valence-electron chi connectivity index (χ4n) is 2.51. The van der Waals surface area contributed by atoms with Gasteiger partial charge in [-0.15, -0.1) is 11.3 Å². The van der Waals surface area contributed by atoms with Crippen molar-refractivity contribution < 1.29 is 23.0 Å². The van der Waals surface area contributed by atoms with Crippen molar-refractivity contribution in [1.29, 1.82) is 0 Å². The number of aliphatic hydroxyl groups excluding tert-OH is 1. The molecule has 1 aromatic heterocycles. The van der Waals surface area contributed by atoms with E-state index in [2.05, 4.69) is 4.98 Å². The van der Waals surface area contributed by atoms with Gasteiger partial charge in [-0.1, -0.05) is 0 Å². The SMILES string of the molecule is CO[C@H](C)c1nc(CN2CCC[C@H]2[C@H](O)C(F)(F)F)cs1. The van der Waals surface area contributed by atoms with E-state index in [-0.39, 0.29) is 6.10 Å². The fourth-order valence-corrected chi connectivity index (χ4v) is 3.36. The van der Waals surface area contributed by atoms with Crippen LogP contribution in [0.4, 0.5) is 13.2 Å². The number of thiazole rings is 1. The van der Waals surface area contributed by atoms with Gasteiger partial charge in [-0.2, -0.15) is 13.2 Å². The Morgan fingerprint density at radius 1 is 1.57 bits per heavy atom. The Bertz CT molecular complexity index is 467. The van der Waals surface area contributed by atoms with Crippen molar-refractivity contribution in [3.63, 3.8) is 0 Å². The van der Waals surface area contributed by atoms with E-state index in [1.165, 1.54) is 11.3 Å². The van der Waals surface area contributed by atoms with Crippen LogP contribution in [-0.4, -0.2) is 47.0 Å². The van der Waals surface area contributed by atoms with Crippen LogP contribution in [0.25, 0.3) is 0 Å². The van der Waals surface area contributed by atoms with Crippen molar-refractivity contribution in [3.8, 4) is 0 Å². The molecule has 120 valence electrons. The number of likely N-dealkylation sites (tertiary alicyclic amines) is 1. The molecule has 1 aliphatic heterocycles. The zero-order chi connectivity index (χ0) is 15.6. The Morgan fingerprint density at radius 3 is 2.90 bits per heavy atom. The molecule has 1 N–H and O–H groups in total. The largest absolute Gasteiger partial charge is 0.415 e. The summed E-state index contributed by atoms with van der Waals surface area (Å²) in [7, 11) is 1.59. The number of nitrogens with zero attached hydrogens (tertiary/aromatic N) is 2. The third-order valence-electron chi connectivity index (χ3n) is 3.75. The molecule has 8 heteroatoms. The maximum Gasteiger partial charge on any atom is 0.415 e. The molecule has 0 spiro atoms. The molecule has 1 aromatic rings. The second-order valence-corrected chi connectivity index (χ2v) is 6.11. The number of hydrogen-bond acceptors (Lipinski definition) is 5. The van der Waals surface area contributed by atoms with Crippen molar-refractivity contribution in [2.75, 3.05) is 13.7 Å². The van der Waals surface area contributed by atoms with Gasteiger partial charge in [0.2, 0.25) is 0 Å². The van der Waals surface area contributed by atoms with E-state index in [1.807, 2.05) is 12.3 Å². The van der Waals surface area contributed by atoms with E-state index in [0.717, 1.165) is 10.7 Å². The summed E-state index contributed by atoms with van der Waals surface area (Å²) >= 11 is 1.43. The maximum atomic E-state index is 12.7. The molecule has 0 unspecified atom stereocenters. The molecule has 1 aliphatic rings. The third-order valence-corrected chi connectivity index (χ3v) is 4.80. The molecule has 0 bridgehead atoms. The lowest BCUT2D eigenvalue weighted by Gasteiger charge is -2.29.